The van der Waals surface area contributed by atoms with Gasteiger partial charge in [0.05, 0.1) is 11.5 Å². The quantitative estimate of drug-likeness (QED) is 0.356. The predicted octanol–water partition coefficient (Wildman–Crippen LogP) is 3.39. The maximum absolute atomic E-state index is 11.4. The lowest BCUT2D eigenvalue weighted by Crippen LogP contribution is -2.11. The summed E-state index contributed by atoms with van der Waals surface area (Å²) >= 11 is 0. The van der Waals surface area contributed by atoms with Gasteiger partial charge in [0, 0.05) is 18.6 Å². The minimum absolute atomic E-state index is 0.0635. The first-order chi connectivity index (χ1) is 9.65. The summed E-state index contributed by atoms with van der Waals surface area (Å²) in [5, 5.41) is 10.5. The molecule has 0 spiro atoms. The van der Waals surface area contributed by atoms with Gasteiger partial charge in [-0.05, 0) is 18.6 Å². The largest absolute Gasteiger partial charge is 0.513 e. The fourth-order valence-corrected chi connectivity index (χ4v) is 1.70. The van der Waals surface area contributed by atoms with Crippen molar-refractivity contribution in [2.45, 2.75) is 12.8 Å². The molecule has 6 heteroatoms. The van der Waals surface area contributed by atoms with Gasteiger partial charge in [-0.1, -0.05) is 23.8 Å². The van der Waals surface area contributed by atoms with E-state index < -0.39 is 11.1 Å². The molecule has 0 bridgehead atoms. The highest BCUT2D eigenvalue weighted by Crippen LogP contribution is 2.18. The highest BCUT2D eigenvalue weighted by Gasteiger charge is 2.09. The molecule has 2 rings (SSSR count). The van der Waals surface area contributed by atoms with Crippen molar-refractivity contribution in [1.82, 2.24) is 0 Å². The van der Waals surface area contributed by atoms with Gasteiger partial charge in [-0.25, -0.2) is 4.79 Å². The molecule has 0 aliphatic heterocycles. The van der Waals surface area contributed by atoms with Crippen LogP contribution in [0.25, 0.3) is 0 Å². The van der Waals surface area contributed by atoms with Crippen LogP contribution in [0.5, 0.6) is 5.75 Å². The number of hydrogen-bond donors (Lipinski definition) is 0. The number of nitrogens with zero attached hydrogens (tertiary/aromatic N) is 1. The van der Waals surface area contributed by atoms with E-state index in [0.717, 1.165) is 6.42 Å². The number of benzene rings is 1. The monoisotopic (exact) mass is 275 g/mol. The lowest BCUT2D eigenvalue weighted by atomic mass is 10.2. The van der Waals surface area contributed by atoms with Crippen LogP contribution in [-0.2, 0) is 4.74 Å². The molecular weight excluding hydrogens is 262 g/mol. The number of ether oxygens (including phenoxy) is 2. The third-order valence-corrected chi connectivity index (χ3v) is 2.74. The first-order valence-corrected chi connectivity index (χ1v) is 6.09. The van der Waals surface area contributed by atoms with E-state index in [2.05, 4.69) is 0 Å². The van der Waals surface area contributed by atoms with Crippen molar-refractivity contribution < 1.29 is 19.2 Å². The molecule has 1 aromatic carbocycles. The molecule has 1 aliphatic carbocycles. The molecule has 0 aromatic heterocycles. The molecule has 0 amide bonds. The van der Waals surface area contributed by atoms with Gasteiger partial charge in [-0.3, -0.25) is 10.1 Å². The van der Waals surface area contributed by atoms with E-state index in [1.54, 1.807) is 0 Å². The Balaban J connectivity index is 1.74. The second-order valence-corrected chi connectivity index (χ2v) is 4.16. The molecule has 0 N–H and O–H groups in total. The molecule has 0 unspecified atom stereocenters. The fraction of sp³-hybridized carbons (Fsp3) is 0.214. The van der Waals surface area contributed by atoms with Crippen molar-refractivity contribution in [2.24, 2.45) is 0 Å². The van der Waals surface area contributed by atoms with E-state index in [1.807, 2.05) is 18.2 Å². The minimum Gasteiger partial charge on any atom is -0.434 e. The molecule has 0 radical (unpaired) electrons. The smallest absolute Gasteiger partial charge is 0.434 e. The van der Waals surface area contributed by atoms with Crippen LogP contribution in [-0.4, -0.2) is 17.7 Å². The third-order valence-electron chi connectivity index (χ3n) is 2.74. The van der Waals surface area contributed by atoms with Crippen LogP contribution < -0.4 is 4.74 Å². The van der Waals surface area contributed by atoms with Crippen LogP contribution in [0.15, 0.2) is 48.1 Å². The maximum atomic E-state index is 11.4. The Morgan fingerprint density at radius 2 is 2.05 bits per heavy atom. The highest BCUT2D eigenvalue weighted by atomic mass is 16.7. The van der Waals surface area contributed by atoms with Crippen molar-refractivity contribution >= 4 is 11.8 Å². The van der Waals surface area contributed by atoms with E-state index in [9.17, 15) is 14.9 Å². The lowest BCUT2D eigenvalue weighted by molar-refractivity contribution is -0.384. The van der Waals surface area contributed by atoms with Crippen molar-refractivity contribution in [3.63, 3.8) is 0 Å². The number of allylic oxidation sites excluding steroid dienone is 3. The molecule has 0 saturated carbocycles. The van der Waals surface area contributed by atoms with E-state index in [1.165, 1.54) is 29.8 Å². The second-order valence-electron chi connectivity index (χ2n) is 4.16. The van der Waals surface area contributed by atoms with Gasteiger partial charge in [-0.15, -0.1) is 0 Å². The Hall–Kier alpha value is -2.63. The number of carbonyl (C=O) groups excluding carboxylic acids is 1. The molecule has 1 aromatic rings. The van der Waals surface area contributed by atoms with Gasteiger partial charge in [-0.2, -0.15) is 0 Å². The van der Waals surface area contributed by atoms with Crippen molar-refractivity contribution in [2.75, 3.05) is 6.61 Å². The average Bonchev–Trinajstić information content (AvgIpc) is 2.92. The van der Waals surface area contributed by atoms with E-state index in [4.69, 9.17) is 9.47 Å². The zero-order valence-corrected chi connectivity index (χ0v) is 10.7. The van der Waals surface area contributed by atoms with E-state index >= 15 is 0 Å². The molecule has 1 aliphatic rings. The first kappa shape index (κ1) is 13.8. The van der Waals surface area contributed by atoms with Crippen LogP contribution in [0.2, 0.25) is 0 Å². The summed E-state index contributed by atoms with van der Waals surface area (Å²) in [6.45, 7) is 0.249. The average molecular weight is 275 g/mol. The van der Waals surface area contributed by atoms with Crippen LogP contribution in [0.1, 0.15) is 12.8 Å². The number of carbonyl (C=O) groups is 1. The molecule has 0 atom stereocenters. The minimum atomic E-state index is -0.814. The Kier molecular flexibility index (Phi) is 4.49. The summed E-state index contributed by atoms with van der Waals surface area (Å²) < 4.78 is 9.82. The summed E-state index contributed by atoms with van der Waals surface area (Å²) in [6, 6.07) is 5.22. The summed E-state index contributed by atoms with van der Waals surface area (Å²) in [5.41, 5.74) is 1.14. The Labute approximate surface area is 115 Å². The molecule has 0 fully saturated rings. The summed E-state index contributed by atoms with van der Waals surface area (Å²) in [6.07, 6.45) is 6.73. The van der Waals surface area contributed by atoms with Gasteiger partial charge in [0.1, 0.15) is 5.75 Å². The van der Waals surface area contributed by atoms with Crippen molar-refractivity contribution in [3.05, 3.63) is 58.2 Å². The maximum Gasteiger partial charge on any atom is 0.513 e. The highest BCUT2D eigenvalue weighted by molar-refractivity contribution is 5.64. The zero-order chi connectivity index (χ0) is 14.4. The number of nitro groups is 1. The van der Waals surface area contributed by atoms with Gasteiger partial charge in [0.2, 0.25) is 0 Å². The van der Waals surface area contributed by atoms with E-state index in [-0.39, 0.29) is 18.0 Å². The van der Waals surface area contributed by atoms with Crippen LogP contribution >= 0.6 is 0 Å². The van der Waals surface area contributed by atoms with Gasteiger partial charge < -0.3 is 9.47 Å². The normalized spacial score (nSPS) is 12.9. The van der Waals surface area contributed by atoms with Gasteiger partial charge in [0.25, 0.3) is 5.69 Å². The molecule has 20 heavy (non-hydrogen) atoms. The topological polar surface area (TPSA) is 78.7 Å². The lowest BCUT2D eigenvalue weighted by Gasteiger charge is -2.06. The van der Waals surface area contributed by atoms with Gasteiger partial charge >= 0.3 is 6.16 Å². The van der Waals surface area contributed by atoms with E-state index in [0.29, 0.717) is 6.42 Å². The molecular formula is C14H13NO5. The Morgan fingerprint density at radius 1 is 1.30 bits per heavy atom. The zero-order valence-electron chi connectivity index (χ0n) is 10.7. The molecule has 0 heterocycles. The SMILES string of the molecule is O=C(OCCC1=CC=CC1)Oc1ccc([N+](=O)[O-])cc1. The number of non-ortho nitro benzene ring substituents is 1. The van der Waals surface area contributed by atoms with Crippen LogP contribution in [0.3, 0.4) is 0 Å². The molecule has 0 saturated heterocycles. The third kappa shape index (κ3) is 3.94. The number of rotatable bonds is 5. The van der Waals surface area contributed by atoms with Crippen LogP contribution in [0, 0.1) is 10.1 Å². The summed E-state index contributed by atoms with van der Waals surface area (Å²) in [4.78, 5) is 21.3. The van der Waals surface area contributed by atoms with Gasteiger partial charge in [0.15, 0.2) is 0 Å². The van der Waals surface area contributed by atoms with Crippen molar-refractivity contribution in [1.29, 1.82) is 0 Å². The first-order valence-electron chi connectivity index (χ1n) is 6.09. The van der Waals surface area contributed by atoms with Crippen LogP contribution in [0.4, 0.5) is 10.5 Å². The summed E-state index contributed by atoms with van der Waals surface area (Å²) in [5.74, 6) is 0.211. The number of nitro benzene ring substituents is 1. The predicted molar refractivity (Wildman–Crippen MR) is 71.5 cm³/mol. The Bertz CT molecular complexity index is 559. The Morgan fingerprint density at radius 3 is 2.65 bits per heavy atom. The number of hydrogen-bond acceptors (Lipinski definition) is 5. The second kappa shape index (κ2) is 6.51. The standard InChI is InChI=1S/C14H13NO5/c16-14(19-10-9-11-3-1-2-4-11)20-13-7-5-12(6-8-13)15(17)18/h1-3,5-8H,4,9-10H2. The van der Waals surface area contributed by atoms with Crippen molar-refractivity contribution in [3.8, 4) is 5.75 Å². The summed E-state index contributed by atoms with van der Waals surface area (Å²) in [7, 11) is 0. The molecule has 104 valence electrons. The molecule has 6 nitrogen and oxygen atoms in total. The fourth-order valence-electron chi connectivity index (χ4n) is 1.70.